The van der Waals surface area contributed by atoms with Gasteiger partial charge in [0.15, 0.2) is 0 Å². The number of amides is 1. The summed E-state index contributed by atoms with van der Waals surface area (Å²) in [5.41, 5.74) is 8.19. The van der Waals surface area contributed by atoms with E-state index in [-0.39, 0.29) is 29.1 Å². The molecule has 2 saturated heterocycles. The van der Waals surface area contributed by atoms with Crippen LogP contribution >= 0.6 is 0 Å². The molecule has 5 nitrogen and oxygen atoms in total. The number of benzene rings is 1. The van der Waals surface area contributed by atoms with Gasteiger partial charge in [-0.1, -0.05) is 47.5 Å². The summed E-state index contributed by atoms with van der Waals surface area (Å²) in [6.45, 7) is 11.8. The molecule has 3 fully saturated rings. The third-order valence-corrected chi connectivity index (χ3v) is 8.02. The fourth-order valence-corrected chi connectivity index (χ4v) is 6.29. The number of rotatable bonds is 3. The highest BCUT2D eigenvalue weighted by molar-refractivity contribution is 5.85. The first-order chi connectivity index (χ1) is 15.8. The summed E-state index contributed by atoms with van der Waals surface area (Å²) in [5, 5.41) is 1.07. The minimum Gasteiger partial charge on any atom is -0.361 e. The van der Waals surface area contributed by atoms with E-state index in [2.05, 4.69) is 14.8 Å². The zero-order chi connectivity index (χ0) is 23.9. The highest BCUT2D eigenvalue weighted by Crippen LogP contribution is 2.46. The van der Waals surface area contributed by atoms with Crippen molar-refractivity contribution in [3.05, 3.63) is 35.8 Å². The number of aromatic nitrogens is 1. The molecular weight excluding hydrogens is 415 g/mol. The van der Waals surface area contributed by atoms with Crippen LogP contribution in [0.3, 0.4) is 0 Å². The zero-order valence-corrected chi connectivity index (χ0v) is 20.9. The standard InChI is InChI=1S/C25H35FN4O.C2H6/c1-25(2,3)23(27)24(31)29-11-10-21-22(29)19(14-30(21)16-6-4-5-7-16)18-13-28-20-12-15(26)8-9-17(18)20;1-2/h8-9,12-13,16,19,21-23,28H,4-7,10-11,14,27H2,1-3H3;1-2H3. The first kappa shape index (κ1) is 24.2. The number of aromatic amines is 1. The monoisotopic (exact) mass is 456 g/mol. The average Bonchev–Trinajstić information content (AvgIpc) is 3.56. The van der Waals surface area contributed by atoms with Gasteiger partial charge in [0.1, 0.15) is 5.82 Å². The van der Waals surface area contributed by atoms with E-state index in [4.69, 9.17) is 5.73 Å². The van der Waals surface area contributed by atoms with Gasteiger partial charge in [0.05, 0.1) is 12.1 Å². The van der Waals surface area contributed by atoms with Gasteiger partial charge in [-0.2, -0.15) is 0 Å². The molecule has 5 rings (SSSR count). The van der Waals surface area contributed by atoms with E-state index in [1.807, 2.05) is 46.9 Å². The molecule has 4 atom stereocenters. The lowest BCUT2D eigenvalue weighted by Crippen LogP contribution is -2.53. The van der Waals surface area contributed by atoms with Crippen LogP contribution < -0.4 is 5.73 Å². The maximum atomic E-state index is 13.8. The number of likely N-dealkylation sites (tertiary alicyclic amines) is 2. The highest BCUT2D eigenvalue weighted by atomic mass is 19.1. The number of hydrogen-bond donors (Lipinski definition) is 2. The molecule has 3 heterocycles. The van der Waals surface area contributed by atoms with Crippen molar-refractivity contribution in [1.82, 2.24) is 14.8 Å². The topological polar surface area (TPSA) is 65.4 Å². The van der Waals surface area contributed by atoms with Gasteiger partial charge in [0.2, 0.25) is 5.91 Å². The Morgan fingerprint density at radius 3 is 2.55 bits per heavy atom. The van der Waals surface area contributed by atoms with Crippen molar-refractivity contribution in [3.63, 3.8) is 0 Å². The summed E-state index contributed by atoms with van der Waals surface area (Å²) in [6.07, 6.45) is 8.15. The Bertz CT molecular complexity index is 974. The quantitative estimate of drug-likeness (QED) is 0.682. The fraction of sp³-hybridized carbons (Fsp3) is 0.667. The molecule has 1 saturated carbocycles. The molecule has 33 heavy (non-hydrogen) atoms. The minimum absolute atomic E-state index is 0.0733. The van der Waals surface area contributed by atoms with Crippen molar-refractivity contribution in [1.29, 1.82) is 0 Å². The molecule has 3 N–H and O–H groups in total. The molecule has 2 aliphatic heterocycles. The first-order valence-electron chi connectivity index (χ1n) is 12.8. The van der Waals surface area contributed by atoms with Crippen LogP contribution in [-0.4, -0.2) is 57.9 Å². The molecule has 1 amide bonds. The predicted molar refractivity (Wildman–Crippen MR) is 133 cm³/mol. The summed E-state index contributed by atoms with van der Waals surface area (Å²) in [4.78, 5) is 21.6. The van der Waals surface area contributed by atoms with Crippen molar-refractivity contribution >= 4 is 16.8 Å². The van der Waals surface area contributed by atoms with E-state index in [1.54, 1.807) is 6.07 Å². The molecule has 1 aliphatic carbocycles. The molecule has 3 aliphatic rings. The van der Waals surface area contributed by atoms with Crippen molar-refractivity contribution in [2.75, 3.05) is 13.1 Å². The SMILES string of the molecule is CC.CC(C)(C)C(N)C(=O)N1CCC2C1C(c1c[nH]c3cc(F)ccc13)CN2C1CCCC1. The molecule has 0 radical (unpaired) electrons. The molecular formula is C27H41FN4O. The Morgan fingerprint density at radius 2 is 1.88 bits per heavy atom. The van der Waals surface area contributed by atoms with Crippen molar-refractivity contribution in [3.8, 4) is 0 Å². The van der Waals surface area contributed by atoms with Crippen molar-refractivity contribution < 1.29 is 9.18 Å². The summed E-state index contributed by atoms with van der Waals surface area (Å²) in [7, 11) is 0. The Morgan fingerprint density at radius 1 is 1.18 bits per heavy atom. The largest absolute Gasteiger partial charge is 0.361 e. The molecule has 4 unspecified atom stereocenters. The third kappa shape index (κ3) is 4.32. The van der Waals surface area contributed by atoms with E-state index < -0.39 is 6.04 Å². The normalized spacial score (nSPS) is 27.0. The van der Waals surface area contributed by atoms with E-state index in [0.29, 0.717) is 12.1 Å². The molecule has 0 spiro atoms. The number of halogens is 1. The number of fused-ring (bicyclic) bond motifs is 2. The Labute approximate surface area is 197 Å². The van der Waals surface area contributed by atoms with Crippen LogP contribution in [0.25, 0.3) is 10.9 Å². The second kappa shape index (κ2) is 9.38. The number of hydrogen-bond acceptors (Lipinski definition) is 3. The van der Waals surface area contributed by atoms with Gasteiger partial charge in [0.25, 0.3) is 0 Å². The number of nitrogens with two attached hydrogens (primary N) is 1. The van der Waals surface area contributed by atoms with Crippen LogP contribution in [0, 0.1) is 11.2 Å². The van der Waals surface area contributed by atoms with Crippen molar-refractivity contribution in [2.45, 2.75) is 96.8 Å². The van der Waals surface area contributed by atoms with Gasteiger partial charge in [-0.3, -0.25) is 9.69 Å². The second-order valence-electron chi connectivity index (χ2n) is 10.9. The summed E-state index contributed by atoms with van der Waals surface area (Å²) < 4.78 is 13.8. The maximum Gasteiger partial charge on any atom is 0.240 e. The number of carbonyl (C=O) groups is 1. The van der Waals surface area contributed by atoms with Gasteiger partial charge >= 0.3 is 0 Å². The fourth-order valence-electron chi connectivity index (χ4n) is 6.29. The predicted octanol–water partition coefficient (Wildman–Crippen LogP) is 5.02. The lowest BCUT2D eigenvalue weighted by Gasteiger charge is -2.35. The van der Waals surface area contributed by atoms with Crippen molar-refractivity contribution in [2.24, 2.45) is 11.1 Å². The molecule has 2 aromatic rings. The Kier molecular flexibility index (Phi) is 6.88. The molecule has 182 valence electrons. The minimum atomic E-state index is -0.510. The van der Waals surface area contributed by atoms with Gasteiger partial charge in [-0.05, 0) is 48.4 Å². The molecule has 0 bridgehead atoms. The van der Waals surface area contributed by atoms with E-state index in [0.717, 1.165) is 30.4 Å². The van der Waals surface area contributed by atoms with Crippen LogP contribution in [0.15, 0.2) is 24.4 Å². The first-order valence-corrected chi connectivity index (χ1v) is 12.8. The van der Waals surface area contributed by atoms with Crippen LogP contribution in [0.5, 0.6) is 0 Å². The van der Waals surface area contributed by atoms with Crippen LogP contribution in [0.1, 0.15) is 78.2 Å². The van der Waals surface area contributed by atoms with E-state index in [1.165, 1.54) is 37.3 Å². The molecule has 1 aromatic carbocycles. The van der Waals surface area contributed by atoms with E-state index in [9.17, 15) is 9.18 Å². The van der Waals surface area contributed by atoms with Gasteiger partial charge in [0, 0.05) is 48.2 Å². The summed E-state index contributed by atoms with van der Waals surface area (Å²) >= 11 is 0. The van der Waals surface area contributed by atoms with Gasteiger partial charge in [-0.15, -0.1) is 0 Å². The van der Waals surface area contributed by atoms with Gasteiger partial charge < -0.3 is 15.6 Å². The van der Waals surface area contributed by atoms with Crippen LogP contribution in [0.4, 0.5) is 4.39 Å². The molecule has 6 heteroatoms. The third-order valence-electron chi connectivity index (χ3n) is 8.02. The van der Waals surface area contributed by atoms with Crippen LogP contribution in [-0.2, 0) is 4.79 Å². The number of nitrogens with one attached hydrogen (secondary N) is 1. The Hall–Kier alpha value is -1.92. The number of nitrogens with zero attached hydrogens (tertiary/aromatic N) is 2. The highest BCUT2D eigenvalue weighted by Gasteiger charge is 2.53. The van der Waals surface area contributed by atoms with Gasteiger partial charge in [-0.25, -0.2) is 4.39 Å². The lowest BCUT2D eigenvalue weighted by atomic mass is 9.85. The van der Waals surface area contributed by atoms with Crippen LogP contribution in [0.2, 0.25) is 0 Å². The average molecular weight is 457 g/mol. The summed E-state index contributed by atoms with van der Waals surface area (Å²) in [5.74, 6) is 0.0548. The number of H-pyrrole nitrogens is 1. The second-order valence-corrected chi connectivity index (χ2v) is 10.9. The maximum absolute atomic E-state index is 13.8. The Balaban J connectivity index is 0.00000126. The van der Waals surface area contributed by atoms with E-state index >= 15 is 0 Å². The summed E-state index contributed by atoms with van der Waals surface area (Å²) in [6, 6.07) is 5.60. The zero-order valence-electron chi connectivity index (χ0n) is 20.9. The molecule has 1 aromatic heterocycles. The lowest BCUT2D eigenvalue weighted by molar-refractivity contribution is -0.136. The number of carbonyl (C=O) groups excluding carboxylic acids is 1. The smallest absolute Gasteiger partial charge is 0.240 e.